The molecule has 1 aromatic heterocycles. The van der Waals surface area contributed by atoms with Crippen LogP contribution in [0.2, 0.25) is 0 Å². The zero-order valence-electron chi connectivity index (χ0n) is 25.0. The molecule has 11 nitrogen and oxygen atoms in total. The second-order valence-corrected chi connectivity index (χ2v) is 11.7. The summed E-state index contributed by atoms with van der Waals surface area (Å²) in [6.07, 6.45) is 8.61. The molecule has 4 aliphatic rings. The lowest BCUT2D eigenvalue weighted by atomic mass is 10.1. The number of likely N-dealkylation sites (tertiary alicyclic amines) is 1. The Morgan fingerprint density at radius 1 is 1.09 bits per heavy atom. The van der Waals surface area contributed by atoms with E-state index in [-0.39, 0.29) is 43.3 Å². The van der Waals surface area contributed by atoms with Gasteiger partial charge in [-0.05, 0) is 61.1 Å². The van der Waals surface area contributed by atoms with Crippen molar-refractivity contribution in [2.24, 2.45) is 0 Å². The van der Waals surface area contributed by atoms with Crippen LogP contribution >= 0.6 is 0 Å². The number of ether oxygens (including phenoxy) is 3. The number of nitrogens with one attached hydrogen (secondary N) is 1. The third-order valence-electron chi connectivity index (χ3n) is 8.40. The standard InChI is InChI=1S/C33H39N5O6/c1-42-29-17-23-7-11-28(29)44-26-5-2-4-24(16-26)21-43-30-19-37(32(40)6-3-14-36-15-13-34-22-36)18-27(30)35-31(39)20-38(25-9-10-25)33(41)12-8-23/h2,4-5,7,11,13,15-17,22,25,27,30H,3,6,8-10,12,14,18-21H2,1H3,(H,35,39)/t27-,30-/m0/s1. The van der Waals surface area contributed by atoms with Gasteiger partial charge in [-0.2, -0.15) is 0 Å². The number of aromatic nitrogens is 2. The first-order chi connectivity index (χ1) is 21.4. The summed E-state index contributed by atoms with van der Waals surface area (Å²) in [4.78, 5) is 47.3. The van der Waals surface area contributed by atoms with Gasteiger partial charge in [-0.15, -0.1) is 0 Å². The molecular formula is C33H39N5O6. The zero-order chi connectivity index (χ0) is 30.5. The molecule has 0 spiro atoms. The first kappa shape index (κ1) is 29.7. The van der Waals surface area contributed by atoms with E-state index in [1.54, 1.807) is 29.4 Å². The molecule has 2 fully saturated rings. The number of fused-ring (bicyclic) bond motifs is 9. The SMILES string of the molecule is COc1cc2ccc1Oc1cccc(c1)CO[C@H]1CN(C(=O)CCCn3ccnc3)C[C@@H]1NC(=O)CN(C1CC1)C(=O)CC2. The highest BCUT2D eigenvalue weighted by molar-refractivity contribution is 5.86. The number of rotatable bonds is 6. The van der Waals surface area contributed by atoms with Gasteiger partial charge in [0.1, 0.15) is 5.75 Å². The lowest BCUT2D eigenvalue weighted by Gasteiger charge is -2.25. The third kappa shape index (κ3) is 7.39. The van der Waals surface area contributed by atoms with Gasteiger partial charge in [0, 0.05) is 50.9 Å². The van der Waals surface area contributed by atoms with E-state index in [9.17, 15) is 14.4 Å². The van der Waals surface area contributed by atoms with Crippen LogP contribution in [0.4, 0.5) is 0 Å². The number of benzene rings is 2. The van der Waals surface area contributed by atoms with Gasteiger partial charge in [0.25, 0.3) is 0 Å². The summed E-state index contributed by atoms with van der Waals surface area (Å²) in [5.41, 5.74) is 1.85. The van der Waals surface area contributed by atoms with Crippen LogP contribution in [0.25, 0.3) is 0 Å². The zero-order valence-corrected chi connectivity index (χ0v) is 25.0. The Kier molecular flexibility index (Phi) is 9.11. The molecule has 2 atom stereocenters. The van der Waals surface area contributed by atoms with Gasteiger partial charge in [0.05, 0.1) is 38.7 Å². The number of hydrogen-bond donors (Lipinski definition) is 1. The molecule has 232 valence electrons. The fourth-order valence-electron chi connectivity index (χ4n) is 5.86. The molecule has 11 heteroatoms. The van der Waals surface area contributed by atoms with Gasteiger partial charge in [0.15, 0.2) is 11.5 Å². The number of methoxy groups -OCH3 is 1. The average molecular weight is 602 g/mol. The van der Waals surface area contributed by atoms with E-state index < -0.39 is 12.1 Å². The summed E-state index contributed by atoms with van der Waals surface area (Å²) in [7, 11) is 1.59. The van der Waals surface area contributed by atoms with Crippen molar-refractivity contribution < 1.29 is 28.6 Å². The number of imidazole rings is 1. The second-order valence-electron chi connectivity index (χ2n) is 11.7. The Labute approximate surface area is 257 Å². The van der Waals surface area contributed by atoms with Crippen LogP contribution in [0.5, 0.6) is 17.2 Å². The molecule has 1 N–H and O–H groups in total. The summed E-state index contributed by atoms with van der Waals surface area (Å²) in [6.45, 7) is 1.70. The van der Waals surface area contributed by atoms with Gasteiger partial charge in [-0.1, -0.05) is 18.2 Å². The number of carbonyl (C=O) groups is 3. The molecule has 0 radical (unpaired) electrons. The first-order valence-corrected chi connectivity index (χ1v) is 15.3. The molecule has 7 rings (SSSR count). The predicted octanol–water partition coefficient (Wildman–Crippen LogP) is 3.31. The number of hydrogen-bond acceptors (Lipinski definition) is 7. The fraction of sp³-hybridized carbons (Fsp3) is 0.455. The lowest BCUT2D eigenvalue weighted by Crippen LogP contribution is -2.49. The van der Waals surface area contributed by atoms with Crippen LogP contribution in [0.3, 0.4) is 0 Å². The maximum atomic E-state index is 13.3. The van der Waals surface area contributed by atoms with E-state index in [1.165, 1.54) is 0 Å². The normalized spacial score (nSPS) is 21.1. The summed E-state index contributed by atoms with van der Waals surface area (Å²) in [6, 6.07) is 13.0. The van der Waals surface area contributed by atoms with Gasteiger partial charge >= 0.3 is 0 Å². The Morgan fingerprint density at radius 3 is 2.77 bits per heavy atom. The van der Waals surface area contributed by atoms with E-state index in [1.807, 2.05) is 53.2 Å². The summed E-state index contributed by atoms with van der Waals surface area (Å²) < 4.78 is 20.1. The number of aryl methyl sites for hydroxylation is 2. The Hall–Kier alpha value is -4.38. The minimum atomic E-state index is -0.402. The smallest absolute Gasteiger partial charge is 0.240 e. The van der Waals surface area contributed by atoms with Crippen molar-refractivity contribution in [1.29, 1.82) is 0 Å². The minimum absolute atomic E-state index is 0.0102. The highest BCUT2D eigenvalue weighted by Crippen LogP contribution is 2.34. The van der Waals surface area contributed by atoms with Gasteiger partial charge < -0.3 is 33.9 Å². The van der Waals surface area contributed by atoms with Crippen LogP contribution in [0.1, 0.15) is 43.2 Å². The highest BCUT2D eigenvalue weighted by Gasteiger charge is 2.38. The van der Waals surface area contributed by atoms with Crippen molar-refractivity contribution in [2.75, 3.05) is 26.7 Å². The predicted molar refractivity (Wildman–Crippen MR) is 161 cm³/mol. The van der Waals surface area contributed by atoms with Crippen LogP contribution in [-0.4, -0.2) is 82.0 Å². The Bertz CT molecular complexity index is 1470. The van der Waals surface area contributed by atoms with Crippen LogP contribution in [0, 0.1) is 0 Å². The van der Waals surface area contributed by atoms with Crippen molar-refractivity contribution in [3.8, 4) is 17.2 Å². The molecule has 2 aromatic carbocycles. The molecule has 4 heterocycles. The largest absolute Gasteiger partial charge is 0.493 e. The molecule has 44 heavy (non-hydrogen) atoms. The van der Waals surface area contributed by atoms with Gasteiger partial charge in [-0.25, -0.2) is 4.98 Å². The summed E-state index contributed by atoms with van der Waals surface area (Å²) >= 11 is 0. The quantitative estimate of drug-likeness (QED) is 0.461. The van der Waals surface area contributed by atoms with E-state index in [2.05, 4.69) is 10.3 Å². The number of carbonyl (C=O) groups excluding carboxylic acids is 3. The van der Waals surface area contributed by atoms with Crippen LogP contribution in [-0.2, 0) is 38.7 Å². The molecule has 3 aliphatic heterocycles. The fourth-order valence-corrected chi connectivity index (χ4v) is 5.86. The van der Waals surface area contributed by atoms with E-state index >= 15 is 0 Å². The maximum Gasteiger partial charge on any atom is 0.240 e. The average Bonchev–Trinajstić information content (AvgIpc) is 3.58. The topological polar surface area (TPSA) is 115 Å². The first-order valence-electron chi connectivity index (χ1n) is 15.3. The Balaban J connectivity index is 1.20. The molecule has 1 saturated heterocycles. The lowest BCUT2D eigenvalue weighted by molar-refractivity contribution is -0.137. The molecule has 1 saturated carbocycles. The van der Waals surface area contributed by atoms with Crippen molar-refractivity contribution in [1.82, 2.24) is 24.7 Å². The number of amides is 3. The van der Waals surface area contributed by atoms with Crippen molar-refractivity contribution >= 4 is 17.7 Å². The molecule has 3 amide bonds. The second kappa shape index (κ2) is 13.5. The monoisotopic (exact) mass is 601 g/mol. The van der Waals surface area contributed by atoms with E-state index in [0.717, 1.165) is 24.0 Å². The van der Waals surface area contributed by atoms with E-state index in [0.29, 0.717) is 56.1 Å². The van der Waals surface area contributed by atoms with Crippen molar-refractivity contribution in [3.63, 3.8) is 0 Å². The molecule has 1 aliphatic carbocycles. The van der Waals surface area contributed by atoms with Crippen molar-refractivity contribution in [2.45, 2.75) is 69.9 Å². The summed E-state index contributed by atoms with van der Waals surface area (Å²) in [5.74, 6) is 1.52. The van der Waals surface area contributed by atoms with Crippen molar-refractivity contribution in [3.05, 3.63) is 72.3 Å². The third-order valence-corrected chi connectivity index (χ3v) is 8.40. The van der Waals surface area contributed by atoms with Gasteiger partial charge in [0.2, 0.25) is 17.7 Å². The molecule has 3 aromatic rings. The summed E-state index contributed by atoms with van der Waals surface area (Å²) in [5, 5.41) is 3.10. The van der Waals surface area contributed by atoms with Gasteiger partial charge in [-0.3, -0.25) is 14.4 Å². The molecular weight excluding hydrogens is 562 g/mol. The highest BCUT2D eigenvalue weighted by atomic mass is 16.5. The minimum Gasteiger partial charge on any atom is -0.493 e. The molecule has 4 bridgehead atoms. The van der Waals surface area contributed by atoms with Crippen LogP contribution in [0.15, 0.2) is 61.2 Å². The van der Waals surface area contributed by atoms with Crippen LogP contribution < -0.4 is 14.8 Å². The maximum absolute atomic E-state index is 13.3. The molecule has 0 unspecified atom stereocenters. The van der Waals surface area contributed by atoms with E-state index in [4.69, 9.17) is 14.2 Å². The Morgan fingerprint density at radius 2 is 1.98 bits per heavy atom. The number of nitrogens with zero attached hydrogens (tertiary/aromatic N) is 4.